The van der Waals surface area contributed by atoms with Crippen LogP contribution in [-0.4, -0.2) is 15.1 Å². The van der Waals surface area contributed by atoms with Crippen molar-refractivity contribution in [2.24, 2.45) is 0 Å². The van der Waals surface area contributed by atoms with E-state index in [0.717, 1.165) is 20.6 Å². The van der Waals surface area contributed by atoms with E-state index in [1.807, 2.05) is 13.8 Å². The minimum atomic E-state index is 0.611. The van der Waals surface area contributed by atoms with Crippen molar-refractivity contribution in [3.05, 3.63) is 33.0 Å². The smallest absolute Gasteiger partial charge is 0.222 e. The van der Waals surface area contributed by atoms with Crippen LogP contribution in [-0.2, 0) is 6.54 Å². The molecule has 0 fully saturated rings. The molecule has 0 amide bonds. The fraction of sp³-hybridized carbons (Fsp3) is 0.300. The minimum Gasteiger partial charge on any atom is -0.361 e. The Bertz CT molecular complexity index is 461. The summed E-state index contributed by atoms with van der Waals surface area (Å²) in [6, 6.07) is 0. The van der Waals surface area contributed by atoms with E-state index >= 15 is 0 Å². The zero-order valence-corrected chi connectivity index (χ0v) is 11.1. The van der Waals surface area contributed by atoms with Gasteiger partial charge in [-0.3, -0.25) is 0 Å². The molecular weight excluding hydrogens is 319 g/mol. The molecule has 0 unspecified atom stereocenters. The van der Waals surface area contributed by atoms with Crippen molar-refractivity contribution in [2.75, 3.05) is 5.32 Å². The van der Waals surface area contributed by atoms with Gasteiger partial charge in [0.25, 0.3) is 0 Å². The van der Waals surface area contributed by atoms with Crippen molar-refractivity contribution < 1.29 is 4.52 Å². The molecule has 0 spiro atoms. The van der Waals surface area contributed by atoms with Gasteiger partial charge in [0.05, 0.1) is 5.69 Å². The number of aryl methyl sites for hydroxylation is 2. The van der Waals surface area contributed by atoms with E-state index in [0.29, 0.717) is 12.5 Å². The van der Waals surface area contributed by atoms with Crippen molar-refractivity contribution in [1.82, 2.24) is 15.1 Å². The normalized spacial score (nSPS) is 10.4. The van der Waals surface area contributed by atoms with E-state index in [1.54, 1.807) is 12.4 Å². The molecule has 0 aliphatic carbocycles. The maximum absolute atomic E-state index is 5.07. The number of nitrogens with one attached hydrogen (secondary N) is 1. The molecule has 16 heavy (non-hydrogen) atoms. The SMILES string of the molecule is Cc1noc(C)c1CNc1ncc(I)cn1. The molecule has 0 atom stereocenters. The van der Waals surface area contributed by atoms with E-state index in [1.165, 1.54) is 0 Å². The summed E-state index contributed by atoms with van der Waals surface area (Å²) in [5, 5.41) is 7.02. The first-order valence-electron chi connectivity index (χ1n) is 4.80. The molecule has 2 aromatic rings. The Morgan fingerprint density at radius 3 is 2.56 bits per heavy atom. The number of nitrogens with zero attached hydrogens (tertiary/aromatic N) is 3. The molecule has 0 aliphatic heterocycles. The van der Waals surface area contributed by atoms with E-state index in [-0.39, 0.29) is 0 Å². The van der Waals surface area contributed by atoms with Crippen LogP contribution in [0.4, 0.5) is 5.95 Å². The summed E-state index contributed by atoms with van der Waals surface area (Å²) in [6.07, 6.45) is 3.53. The lowest BCUT2D eigenvalue weighted by Gasteiger charge is -2.03. The summed E-state index contributed by atoms with van der Waals surface area (Å²) in [6.45, 7) is 4.44. The van der Waals surface area contributed by atoms with Crippen LogP contribution < -0.4 is 5.32 Å². The van der Waals surface area contributed by atoms with Crippen LogP contribution in [0.1, 0.15) is 17.0 Å². The molecule has 0 aliphatic rings. The number of anilines is 1. The third-order valence-electron chi connectivity index (χ3n) is 2.22. The van der Waals surface area contributed by atoms with E-state index in [2.05, 4.69) is 43.0 Å². The van der Waals surface area contributed by atoms with Crippen LogP contribution in [0.3, 0.4) is 0 Å². The zero-order valence-electron chi connectivity index (χ0n) is 8.99. The highest BCUT2D eigenvalue weighted by molar-refractivity contribution is 14.1. The Balaban J connectivity index is 2.05. The van der Waals surface area contributed by atoms with Gasteiger partial charge in [-0.2, -0.15) is 0 Å². The van der Waals surface area contributed by atoms with E-state index in [9.17, 15) is 0 Å². The van der Waals surface area contributed by atoms with Gasteiger partial charge in [0.2, 0.25) is 5.95 Å². The largest absolute Gasteiger partial charge is 0.361 e. The number of halogens is 1. The fourth-order valence-electron chi connectivity index (χ4n) is 1.33. The standard InChI is InChI=1S/C10H11IN4O/c1-6-9(7(2)16-15-6)5-14-10-12-3-8(11)4-13-10/h3-4H,5H2,1-2H3,(H,12,13,14). The molecular formula is C10H11IN4O. The van der Waals surface area contributed by atoms with Gasteiger partial charge in [-0.05, 0) is 36.4 Å². The van der Waals surface area contributed by atoms with E-state index < -0.39 is 0 Å². The van der Waals surface area contributed by atoms with Crippen LogP contribution in [0, 0.1) is 17.4 Å². The van der Waals surface area contributed by atoms with Crippen molar-refractivity contribution in [3.8, 4) is 0 Å². The third kappa shape index (κ3) is 2.49. The molecule has 0 saturated carbocycles. The Kier molecular flexibility index (Phi) is 3.37. The van der Waals surface area contributed by atoms with Crippen molar-refractivity contribution in [2.45, 2.75) is 20.4 Å². The lowest BCUT2D eigenvalue weighted by Crippen LogP contribution is -2.04. The fourth-order valence-corrected chi connectivity index (χ4v) is 1.60. The molecule has 84 valence electrons. The average molecular weight is 330 g/mol. The molecule has 2 heterocycles. The van der Waals surface area contributed by atoms with Gasteiger partial charge in [0.1, 0.15) is 5.76 Å². The van der Waals surface area contributed by atoms with Gasteiger partial charge in [-0.25, -0.2) is 9.97 Å². The lowest BCUT2D eigenvalue weighted by atomic mass is 10.2. The molecule has 5 nitrogen and oxygen atoms in total. The first-order valence-corrected chi connectivity index (χ1v) is 5.88. The Labute approximate surface area is 107 Å². The first kappa shape index (κ1) is 11.3. The highest BCUT2D eigenvalue weighted by Gasteiger charge is 2.08. The quantitative estimate of drug-likeness (QED) is 0.875. The number of rotatable bonds is 3. The van der Waals surface area contributed by atoms with Crippen LogP contribution in [0.5, 0.6) is 0 Å². The van der Waals surface area contributed by atoms with Crippen LogP contribution in [0.25, 0.3) is 0 Å². The predicted octanol–water partition coefficient (Wildman–Crippen LogP) is 2.30. The maximum Gasteiger partial charge on any atom is 0.222 e. The number of hydrogen-bond donors (Lipinski definition) is 1. The topological polar surface area (TPSA) is 63.8 Å². The van der Waals surface area contributed by atoms with Gasteiger partial charge in [0.15, 0.2) is 0 Å². The molecule has 0 bridgehead atoms. The van der Waals surface area contributed by atoms with Crippen molar-refractivity contribution >= 4 is 28.5 Å². The second-order valence-electron chi connectivity index (χ2n) is 3.38. The monoisotopic (exact) mass is 330 g/mol. The van der Waals surface area contributed by atoms with Crippen LogP contribution >= 0.6 is 22.6 Å². The van der Waals surface area contributed by atoms with Gasteiger partial charge in [-0.15, -0.1) is 0 Å². The minimum absolute atomic E-state index is 0.611. The summed E-state index contributed by atoms with van der Waals surface area (Å²) in [5.74, 6) is 1.44. The Hall–Kier alpha value is -1.18. The molecule has 0 radical (unpaired) electrons. The summed E-state index contributed by atoms with van der Waals surface area (Å²) in [4.78, 5) is 8.31. The Morgan fingerprint density at radius 1 is 1.31 bits per heavy atom. The molecule has 2 aromatic heterocycles. The summed E-state index contributed by atoms with van der Waals surface area (Å²) >= 11 is 2.17. The maximum atomic E-state index is 5.07. The van der Waals surface area contributed by atoms with Crippen LogP contribution in [0.2, 0.25) is 0 Å². The molecule has 6 heteroatoms. The Morgan fingerprint density at radius 2 is 2.00 bits per heavy atom. The summed E-state index contributed by atoms with van der Waals surface area (Å²) in [7, 11) is 0. The summed E-state index contributed by atoms with van der Waals surface area (Å²) < 4.78 is 6.09. The first-order chi connectivity index (χ1) is 7.66. The van der Waals surface area contributed by atoms with E-state index in [4.69, 9.17) is 4.52 Å². The predicted molar refractivity (Wildman–Crippen MR) is 68.1 cm³/mol. The van der Waals surface area contributed by atoms with Gasteiger partial charge in [-0.1, -0.05) is 5.16 Å². The number of hydrogen-bond acceptors (Lipinski definition) is 5. The lowest BCUT2D eigenvalue weighted by molar-refractivity contribution is 0.392. The second-order valence-corrected chi connectivity index (χ2v) is 4.63. The summed E-state index contributed by atoms with van der Waals surface area (Å²) in [5.41, 5.74) is 1.96. The third-order valence-corrected chi connectivity index (χ3v) is 2.78. The molecule has 1 N–H and O–H groups in total. The van der Waals surface area contributed by atoms with Crippen molar-refractivity contribution in [3.63, 3.8) is 0 Å². The van der Waals surface area contributed by atoms with Gasteiger partial charge in [0, 0.05) is 28.1 Å². The highest BCUT2D eigenvalue weighted by Crippen LogP contribution is 2.13. The molecule has 0 aromatic carbocycles. The van der Waals surface area contributed by atoms with Crippen molar-refractivity contribution in [1.29, 1.82) is 0 Å². The highest BCUT2D eigenvalue weighted by atomic mass is 127. The second kappa shape index (κ2) is 4.77. The van der Waals surface area contributed by atoms with Crippen LogP contribution in [0.15, 0.2) is 16.9 Å². The molecule has 0 saturated heterocycles. The number of aromatic nitrogens is 3. The molecule has 2 rings (SSSR count). The van der Waals surface area contributed by atoms with Gasteiger partial charge >= 0.3 is 0 Å². The average Bonchev–Trinajstić information content (AvgIpc) is 2.59. The van der Waals surface area contributed by atoms with Gasteiger partial charge < -0.3 is 9.84 Å². The zero-order chi connectivity index (χ0) is 11.5.